The first-order chi connectivity index (χ1) is 15.8. The van der Waals surface area contributed by atoms with Gasteiger partial charge in [-0.25, -0.2) is 5.01 Å². The Bertz CT molecular complexity index is 936. The molecule has 2 fully saturated rings. The summed E-state index contributed by atoms with van der Waals surface area (Å²) in [6, 6.07) is 5.23. The van der Waals surface area contributed by atoms with Gasteiger partial charge in [-0.05, 0) is 37.8 Å². The smallest absolute Gasteiger partial charge is 0.303 e. The van der Waals surface area contributed by atoms with Gasteiger partial charge < -0.3 is 20.5 Å². The average Bonchev–Trinajstić information content (AvgIpc) is 2.94. The molecule has 0 aromatic heterocycles. The molecule has 1 aromatic rings. The summed E-state index contributed by atoms with van der Waals surface area (Å²) in [6.45, 7) is 0.254. The molecule has 0 aliphatic carbocycles. The van der Waals surface area contributed by atoms with Crippen LogP contribution < -0.4 is 10.6 Å². The van der Waals surface area contributed by atoms with E-state index in [9.17, 15) is 28.8 Å². The highest BCUT2D eigenvalue weighted by molar-refractivity contribution is 5.99. The summed E-state index contributed by atoms with van der Waals surface area (Å²) in [6.07, 6.45) is 0.873. The Hall–Kier alpha value is -3.76. The van der Waals surface area contributed by atoms with E-state index < -0.39 is 41.8 Å². The topological polar surface area (TPSA) is 153 Å². The van der Waals surface area contributed by atoms with Gasteiger partial charge >= 0.3 is 5.97 Å². The van der Waals surface area contributed by atoms with Crippen molar-refractivity contribution in [3.63, 3.8) is 0 Å². The SMILES string of the molecule is O=CC(CCC(=O)O)NC(=O)C1CCCN2C(=O)CCC(NC(=O)c3ccccc3)C(=O)N12. The van der Waals surface area contributed by atoms with Crippen molar-refractivity contribution < 1.29 is 33.9 Å². The number of aliphatic carboxylic acids is 1. The van der Waals surface area contributed by atoms with E-state index in [1.807, 2.05) is 0 Å². The molecule has 11 heteroatoms. The van der Waals surface area contributed by atoms with Crippen LogP contribution in [0.5, 0.6) is 0 Å². The molecule has 3 N–H and O–H groups in total. The molecule has 0 bridgehead atoms. The Morgan fingerprint density at radius 1 is 1.15 bits per heavy atom. The van der Waals surface area contributed by atoms with Crippen molar-refractivity contribution in [2.75, 3.05) is 6.54 Å². The number of carbonyl (C=O) groups is 6. The quantitative estimate of drug-likeness (QED) is 0.458. The highest BCUT2D eigenvalue weighted by atomic mass is 16.4. The van der Waals surface area contributed by atoms with Crippen molar-refractivity contribution in [1.29, 1.82) is 0 Å². The number of carboxylic acids is 1. The minimum absolute atomic E-state index is 0.0197. The number of fused-ring (bicyclic) bond motifs is 1. The molecule has 0 spiro atoms. The number of amides is 4. The van der Waals surface area contributed by atoms with Gasteiger partial charge in [0.1, 0.15) is 18.4 Å². The maximum atomic E-state index is 13.4. The zero-order chi connectivity index (χ0) is 24.0. The first-order valence-electron chi connectivity index (χ1n) is 10.8. The number of hydrazine groups is 1. The van der Waals surface area contributed by atoms with Gasteiger partial charge in [0.25, 0.3) is 11.8 Å². The lowest BCUT2D eigenvalue weighted by atomic mass is 10.0. The maximum absolute atomic E-state index is 13.4. The van der Waals surface area contributed by atoms with Crippen LogP contribution in [0.1, 0.15) is 48.9 Å². The molecule has 33 heavy (non-hydrogen) atoms. The zero-order valence-electron chi connectivity index (χ0n) is 17.9. The maximum Gasteiger partial charge on any atom is 0.303 e. The molecule has 176 valence electrons. The van der Waals surface area contributed by atoms with E-state index in [1.54, 1.807) is 30.3 Å². The molecule has 11 nitrogen and oxygen atoms in total. The lowest BCUT2D eigenvalue weighted by molar-refractivity contribution is -0.176. The molecule has 2 heterocycles. The number of rotatable bonds is 8. The monoisotopic (exact) mass is 458 g/mol. The van der Waals surface area contributed by atoms with Crippen LogP contribution in [-0.2, 0) is 24.0 Å². The highest BCUT2D eigenvalue weighted by Gasteiger charge is 2.44. The summed E-state index contributed by atoms with van der Waals surface area (Å²) >= 11 is 0. The summed E-state index contributed by atoms with van der Waals surface area (Å²) in [4.78, 5) is 73.7. The molecule has 2 saturated heterocycles. The average molecular weight is 458 g/mol. The van der Waals surface area contributed by atoms with Crippen LogP contribution in [0.25, 0.3) is 0 Å². The summed E-state index contributed by atoms with van der Waals surface area (Å²) in [5.74, 6) is -3.15. The number of nitrogens with zero attached hydrogens (tertiary/aromatic N) is 2. The first kappa shape index (κ1) is 23.9. The normalized spacial score (nSPS) is 21.5. The van der Waals surface area contributed by atoms with Gasteiger partial charge in [0, 0.05) is 24.9 Å². The molecular formula is C22H26N4O7. The third-order valence-corrected chi connectivity index (χ3v) is 5.67. The number of nitrogens with one attached hydrogen (secondary N) is 2. The molecular weight excluding hydrogens is 432 g/mol. The zero-order valence-corrected chi connectivity index (χ0v) is 17.9. The van der Waals surface area contributed by atoms with Gasteiger partial charge in [-0.15, -0.1) is 0 Å². The third-order valence-electron chi connectivity index (χ3n) is 5.67. The Morgan fingerprint density at radius 3 is 2.55 bits per heavy atom. The Balaban J connectivity index is 1.78. The Morgan fingerprint density at radius 2 is 1.88 bits per heavy atom. The predicted molar refractivity (Wildman–Crippen MR) is 113 cm³/mol. The van der Waals surface area contributed by atoms with Crippen molar-refractivity contribution in [3.05, 3.63) is 35.9 Å². The summed E-state index contributed by atoms with van der Waals surface area (Å²) in [7, 11) is 0. The molecule has 3 rings (SSSR count). The standard InChI is InChI=1S/C22H26N4O7/c27-13-15(8-11-19(29)30)23-21(32)17-7-4-12-25-18(28)10-9-16(22(33)26(17)25)24-20(31)14-5-2-1-3-6-14/h1-3,5-6,13,15-17H,4,7-12H2,(H,23,32)(H,24,31)(H,29,30). The third kappa shape index (κ3) is 5.73. The second-order valence-electron chi connectivity index (χ2n) is 7.97. The minimum Gasteiger partial charge on any atom is -0.481 e. The number of aldehydes is 1. The Kier molecular flexibility index (Phi) is 7.75. The first-order valence-corrected chi connectivity index (χ1v) is 10.8. The molecule has 0 saturated carbocycles. The van der Waals surface area contributed by atoms with Gasteiger partial charge in [-0.1, -0.05) is 18.2 Å². The van der Waals surface area contributed by atoms with E-state index in [4.69, 9.17) is 5.11 Å². The van der Waals surface area contributed by atoms with E-state index in [0.29, 0.717) is 18.3 Å². The van der Waals surface area contributed by atoms with Crippen molar-refractivity contribution in [2.45, 2.75) is 56.7 Å². The van der Waals surface area contributed by atoms with E-state index >= 15 is 0 Å². The predicted octanol–water partition coefficient (Wildman–Crippen LogP) is -0.138. The summed E-state index contributed by atoms with van der Waals surface area (Å²) < 4.78 is 0. The number of hydrogen-bond donors (Lipinski definition) is 3. The Labute approximate surface area is 190 Å². The molecule has 3 atom stereocenters. The fourth-order valence-corrected chi connectivity index (χ4v) is 3.97. The number of carbonyl (C=O) groups excluding carboxylic acids is 5. The van der Waals surface area contributed by atoms with E-state index in [1.165, 1.54) is 5.01 Å². The molecule has 3 unspecified atom stereocenters. The fourth-order valence-electron chi connectivity index (χ4n) is 3.97. The van der Waals surface area contributed by atoms with Crippen molar-refractivity contribution in [2.24, 2.45) is 0 Å². The fraction of sp³-hybridized carbons (Fsp3) is 0.455. The van der Waals surface area contributed by atoms with Crippen LogP contribution in [0.4, 0.5) is 0 Å². The lowest BCUT2D eigenvalue weighted by Crippen LogP contribution is -2.64. The van der Waals surface area contributed by atoms with E-state index in [-0.39, 0.29) is 44.6 Å². The van der Waals surface area contributed by atoms with Crippen LogP contribution in [0.2, 0.25) is 0 Å². The van der Waals surface area contributed by atoms with Gasteiger partial charge in [-0.3, -0.25) is 29.0 Å². The van der Waals surface area contributed by atoms with Crippen LogP contribution in [0, 0.1) is 0 Å². The molecule has 2 aliphatic heterocycles. The summed E-state index contributed by atoms with van der Waals surface area (Å²) in [5, 5.41) is 16.3. The molecule has 1 aromatic carbocycles. The van der Waals surface area contributed by atoms with E-state index in [2.05, 4.69) is 10.6 Å². The molecule has 4 amide bonds. The van der Waals surface area contributed by atoms with Crippen LogP contribution in [0.3, 0.4) is 0 Å². The molecule has 0 radical (unpaired) electrons. The summed E-state index contributed by atoms with van der Waals surface area (Å²) in [5.41, 5.74) is 0.359. The number of carboxylic acid groups (broad SMARTS) is 1. The largest absolute Gasteiger partial charge is 0.481 e. The second-order valence-corrected chi connectivity index (χ2v) is 7.97. The molecule has 2 aliphatic rings. The van der Waals surface area contributed by atoms with Gasteiger partial charge in [0.2, 0.25) is 11.8 Å². The second kappa shape index (κ2) is 10.7. The van der Waals surface area contributed by atoms with Crippen molar-refractivity contribution in [3.8, 4) is 0 Å². The van der Waals surface area contributed by atoms with Crippen LogP contribution in [0.15, 0.2) is 30.3 Å². The minimum atomic E-state index is -1.11. The van der Waals surface area contributed by atoms with Crippen molar-refractivity contribution >= 4 is 35.9 Å². The van der Waals surface area contributed by atoms with E-state index in [0.717, 1.165) is 5.01 Å². The van der Waals surface area contributed by atoms with Crippen LogP contribution in [-0.4, -0.2) is 75.7 Å². The van der Waals surface area contributed by atoms with Gasteiger partial charge in [0.05, 0.1) is 6.04 Å². The highest BCUT2D eigenvalue weighted by Crippen LogP contribution is 2.25. The van der Waals surface area contributed by atoms with Crippen LogP contribution >= 0.6 is 0 Å². The van der Waals surface area contributed by atoms with Crippen molar-refractivity contribution in [1.82, 2.24) is 20.7 Å². The number of hydrogen-bond acceptors (Lipinski definition) is 6. The number of benzene rings is 1. The van der Waals surface area contributed by atoms with Gasteiger partial charge in [-0.2, -0.15) is 0 Å². The lowest BCUT2D eigenvalue weighted by Gasteiger charge is -2.43. The van der Waals surface area contributed by atoms with Gasteiger partial charge in [0.15, 0.2) is 0 Å².